The maximum Gasteiger partial charge on any atom is 0.436 e. The zero-order valence-corrected chi connectivity index (χ0v) is 2.83. The van der Waals surface area contributed by atoms with Gasteiger partial charge < -0.3 is 4.32 Å². The first-order chi connectivity index (χ1) is 1.91. The van der Waals surface area contributed by atoms with Gasteiger partial charge in [-0.3, -0.25) is 4.57 Å². The molecule has 0 spiro atoms. The number of hydrogen-bond acceptors (Lipinski definition) is 1. The number of rotatable bonds is 1. The molecule has 0 aliphatic carbocycles. The molecule has 0 radical (unpaired) electrons. The van der Waals surface area contributed by atoms with Crippen LogP contribution in [-0.2, 0) is 4.57 Å². The lowest BCUT2D eigenvalue weighted by Gasteiger charge is -1.40. The second-order valence-electron chi connectivity index (χ2n) is 0.249. The van der Waals surface area contributed by atoms with E-state index in [0.29, 0.717) is 0 Å². The summed E-state index contributed by atoms with van der Waals surface area (Å²) < 4.78 is 19.3. The lowest BCUT2D eigenvalue weighted by Crippen LogP contribution is -1.44. The lowest BCUT2D eigenvalue weighted by atomic mass is 10.6. The van der Waals surface area contributed by atoms with Crippen LogP contribution in [0.1, 0.15) is 0 Å². The summed E-state index contributed by atoms with van der Waals surface area (Å²) in [6.45, 7) is 0. The van der Waals surface area contributed by atoms with Gasteiger partial charge in [0.2, 0.25) is 0 Å². The van der Waals surface area contributed by atoms with Gasteiger partial charge >= 0.3 is 7.28 Å². The Bertz CT molecular complexity index is 22.0. The van der Waals surface area contributed by atoms with Gasteiger partial charge in [0.05, 0.1) is 0 Å². The molecule has 4 heteroatoms. The van der Waals surface area contributed by atoms with E-state index in [0.717, 1.165) is 0 Å². The molecule has 0 aliphatic heterocycles. The fourth-order valence-corrected chi connectivity index (χ4v) is 0. The zero-order valence-electron chi connectivity index (χ0n) is 1.94. The van der Waals surface area contributed by atoms with E-state index in [-0.39, 0.29) is 0 Å². The van der Waals surface area contributed by atoms with Crippen LogP contribution >= 0.6 is 8.34 Å². The van der Waals surface area contributed by atoms with Crippen LogP contribution in [0.3, 0.4) is 0 Å². The summed E-state index contributed by atoms with van der Waals surface area (Å²) in [5.74, 6) is 0. The number of halogens is 1. The fourth-order valence-electron chi connectivity index (χ4n) is 0. The van der Waals surface area contributed by atoms with Crippen LogP contribution < -0.4 is 0 Å². The van der Waals surface area contributed by atoms with Crippen molar-refractivity contribution < 1.29 is 8.88 Å². The molecule has 0 N–H and O–H groups in total. The Hall–Kier alpha value is 0.0949. The van der Waals surface area contributed by atoms with Crippen LogP contribution in [0.25, 0.3) is 0 Å². The molecule has 0 aromatic heterocycles. The molecule has 0 bridgehead atoms. The summed E-state index contributed by atoms with van der Waals surface area (Å²) in [6, 6.07) is 0. The van der Waals surface area contributed by atoms with Crippen molar-refractivity contribution >= 4 is 15.6 Å². The summed E-state index contributed by atoms with van der Waals surface area (Å²) in [7, 11) is -1.18. The van der Waals surface area contributed by atoms with Crippen molar-refractivity contribution in [1.82, 2.24) is 0 Å². The van der Waals surface area contributed by atoms with E-state index in [1.807, 2.05) is 0 Å². The predicted molar refractivity (Wildman–Crippen MR) is 15.9 cm³/mol. The normalized spacial score (nSPS) is 7.25. The molecule has 22 valence electrons. The first-order valence-electron chi connectivity index (χ1n) is 0.766. The molecular weight excluding hydrogens is 76.8 g/mol. The van der Waals surface area contributed by atoms with Crippen molar-refractivity contribution in [1.29, 1.82) is 0 Å². The molecule has 1 nitrogen and oxygen atoms in total. The van der Waals surface area contributed by atoms with E-state index in [1.165, 1.54) is 0 Å². The van der Waals surface area contributed by atoms with Crippen LogP contribution in [-0.4, -0.2) is 7.28 Å². The van der Waals surface area contributed by atoms with Gasteiger partial charge in [0.1, 0.15) is 8.34 Å². The Morgan fingerprint density at radius 3 is 2.25 bits per heavy atom. The second kappa shape index (κ2) is 3.09. The predicted octanol–water partition coefficient (Wildman–Crippen LogP) is 0.514. The molecule has 0 amide bonds. The van der Waals surface area contributed by atoms with Crippen molar-refractivity contribution in [2.24, 2.45) is 0 Å². The maximum atomic E-state index is 10.4. The minimum atomic E-state index is -0.764. The van der Waals surface area contributed by atoms with E-state index in [1.54, 1.807) is 0 Å². The van der Waals surface area contributed by atoms with Crippen molar-refractivity contribution in [3.63, 3.8) is 0 Å². The zero-order chi connectivity index (χ0) is 3.41. The highest BCUT2D eigenvalue weighted by Gasteiger charge is 1.70. The topological polar surface area (TPSA) is 17.1 Å². The van der Waals surface area contributed by atoms with Crippen molar-refractivity contribution in [2.45, 2.75) is 0 Å². The SMILES string of the molecule is O=PBF. The van der Waals surface area contributed by atoms with Crippen LogP contribution in [0.15, 0.2) is 0 Å². The molecule has 0 atom stereocenters. The van der Waals surface area contributed by atoms with Gasteiger partial charge in [0, 0.05) is 0 Å². The Balaban J connectivity index is 2.30. The highest BCUT2D eigenvalue weighted by atomic mass is 31.1. The Labute approximate surface area is 25.7 Å². The first-order valence-corrected chi connectivity index (χ1v) is 1.76. The standard InChI is InChI=1S/BFHOP/c2-1-4-3/h1H. The monoisotopic (exact) mass is 78.0 g/mol. The van der Waals surface area contributed by atoms with Crippen molar-refractivity contribution in [3.05, 3.63) is 0 Å². The fraction of sp³-hybridized carbons (Fsp3) is 0. The quantitative estimate of drug-likeness (QED) is 0.330. The second-order valence-corrected chi connectivity index (χ2v) is 0.746. The minimum absolute atomic E-state index is 0.418. The molecule has 0 aliphatic rings. The largest absolute Gasteiger partial charge is 0.436 e. The van der Waals surface area contributed by atoms with E-state index in [4.69, 9.17) is 4.57 Å². The van der Waals surface area contributed by atoms with Gasteiger partial charge in [0.15, 0.2) is 0 Å². The summed E-state index contributed by atoms with van der Waals surface area (Å²) in [4.78, 5) is 0. The summed E-state index contributed by atoms with van der Waals surface area (Å²) in [5, 5.41) is 0. The molecule has 0 rings (SSSR count). The molecule has 0 heterocycles. The van der Waals surface area contributed by atoms with Gasteiger partial charge in [0.25, 0.3) is 0 Å². The van der Waals surface area contributed by atoms with Gasteiger partial charge in [-0.2, -0.15) is 0 Å². The molecule has 0 aromatic carbocycles. The Morgan fingerprint density at radius 2 is 2.25 bits per heavy atom. The highest BCUT2D eigenvalue weighted by Crippen LogP contribution is 1.81. The third-order valence-electron chi connectivity index (χ3n) is 0.0488. The summed E-state index contributed by atoms with van der Waals surface area (Å²) in [5.41, 5.74) is 0. The third kappa shape index (κ3) is 2.09. The van der Waals surface area contributed by atoms with E-state index in [2.05, 4.69) is 0 Å². The average Bonchev–Trinajstić information content (AvgIpc) is 1.37. The maximum absolute atomic E-state index is 10.4. The summed E-state index contributed by atoms with van der Waals surface area (Å²) in [6.07, 6.45) is 0. The molecule has 0 saturated heterocycles. The minimum Gasteiger partial charge on any atom is -0.324 e. The lowest BCUT2D eigenvalue weighted by molar-refractivity contribution is 0.603. The molecule has 0 unspecified atom stereocenters. The van der Waals surface area contributed by atoms with Crippen LogP contribution in [0, 0.1) is 0 Å². The smallest absolute Gasteiger partial charge is 0.324 e. The molecular formula is HBFOP. The molecule has 0 saturated carbocycles. The van der Waals surface area contributed by atoms with Gasteiger partial charge in [-0.1, -0.05) is 0 Å². The number of hydrogen-bond donors (Lipinski definition) is 0. The first kappa shape index (κ1) is 4.09. The van der Waals surface area contributed by atoms with Crippen LogP contribution in [0.4, 0.5) is 4.32 Å². The summed E-state index contributed by atoms with van der Waals surface area (Å²) >= 11 is 0. The highest BCUT2D eigenvalue weighted by molar-refractivity contribution is 7.59. The van der Waals surface area contributed by atoms with Crippen LogP contribution in [0.5, 0.6) is 0 Å². The van der Waals surface area contributed by atoms with Crippen molar-refractivity contribution in [2.75, 3.05) is 0 Å². The van der Waals surface area contributed by atoms with Crippen LogP contribution in [0.2, 0.25) is 0 Å². The molecule has 0 aromatic rings. The molecule has 0 fully saturated rings. The van der Waals surface area contributed by atoms with E-state index >= 15 is 0 Å². The van der Waals surface area contributed by atoms with Crippen molar-refractivity contribution in [3.8, 4) is 0 Å². The average molecular weight is 77.8 g/mol. The Morgan fingerprint density at radius 1 is 2.00 bits per heavy atom. The van der Waals surface area contributed by atoms with E-state index < -0.39 is 15.6 Å². The van der Waals surface area contributed by atoms with Gasteiger partial charge in [-0.05, 0) is 0 Å². The third-order valence-corrected chi connectivity index (χ3v) is 0.146. The van der Waals surface area contributed by atoms with Gasteiger partial charge in [-0.15, -0.1) is 0 Å². The molecule has 4 heavy (non-hydrogen) atoms. The van der Waals surface area contributed by atoms with E-state index in [9.17, 15) is 4.32 Å². The Kier molecular flexibility index (Phi) is 3.17. The van der Waals surface area contributed by atoms with Gasteiger partial charge in [-0.25, -0.2) is 0 Å².